The summed E-state index contributed by atoms with van der Waals surface area (Å²) in [5.41, 5.74) is 3.44. The number of nitrogens with zero attached hydrogens (tertiary/aromatic N) is 4. The van der Waals surface area contributed by atoms with E-state index in [1.54, 1.807) is 6.20 Å². The largest absolute Gasteiger partial charge is 0.355 e. The average Bonchev–Trinajstić information content (AvgIpc) is 2.81. The third-order valence-corrected chi connectivity index (χ3v) is 4.19. The van der Waals surface area contributed by atoms with Crippen molar-refractivity contribution in [3.8, 4) is 0 Å². The maximum Gasteiger partial charge on any atom is 0.249 e. The second-order valence-electron chi connectivity index (χ2n) is 5.93. The van der Waals surface area contributed by atoms with Crippen LogP contribution in [0.2, 0.25) is 0 Å². The summed E-state index contributed by atoms with van der Waals surface area (Å²) in [6.45, 7) is 6.28. The second-order valence-corrected chi connectivity index (χ2v) is 5.93. The smallest absolute Gasteiger partial charge is 0.249 e. The molecule has 0 atom stereocenters. The Labute approximate surface area is 131 Å². The van der Waals surface area contributed by atoms with Gasteiger partial charge in [-0.05, 0) is 37.8 Å². The van der Waals surface area contributed by atoms with Crippen LogP contribution in [0.3, 0.4) is 0 Å². The van der Waals surface area contributed by atoms with Gasteiger partial charge >= 0.3 is 0 Å². The minimum Gasteiger partial charge on any atom is -0.355 e. The quantitative estimate of drug-likeness (QED) is 0.938. The van der Waals surface area contributed by atoms with E-state index in [0.29, 0.717) is 5.95 Å². The van der Waals surface area contributed by atoms with Gasteiger partial charge in [-0.15, -0.1) is 5.10 Å². The molecule has 2 heterocycles. The molecule has 5 nitrogen and oxygen atoms in total. The number of rotatable bonds is 3. The highest BCUT2D eigenvalue weighted by molar-refractivity contribution is 5.63. The van der Waals surface area contributed by atoms with E-state index in [4.69, 9.17) is 0 Å². The molecular weight excluding hydrogens is 274 g/mol. The zero-order valence-electron chi connectivity index (χ0n) is 13.3. The van der Waals surface area contributed by atoms with Gasteiger partial charge in [-0.1, -0.05) is 31.0 Å². The summed E-state index contributed by atoms with van der Waals surface area (Å²) >= 11 is 0. The topological polar surface area (TPSA) is 53.9 Å². The third-order valence-electron chi connectivity index (χ3n) is 4.19. The SMILES string of the molecule is Cc1cccc(C)c1Nc1nncc(N2CCCCCC2)n1. The van der Waals surface area contributed by atoms with E-state index in [-0.39, 0.29) is 0 Å². The van der Waals surface area contributed by atoms with Gasteiger partial charge in [0.05, 0.1) is 6.20 Å². The minimum atomic E-state index is 0.569. The number of aromatic nitrogens is 3. The number of hydrogen-bond acceptors (Lipinski definition) is 5. The Balaban J connectivity index is 1.82. The zero-order valence-corrected chi connectivity index (χ0v) is 13.3. The van der Waals surface area contributed by atoms with Gasteiger partial charge in [0.25, 0.3) is 0 Å². The van der Waals surface area contributed by atoms with Crippen molar-refractivity contribution < 1.29 is 0 Å². The first-order valence-electron chi connectivity index (χ1n) is 8.02. The highest BCUT2D eigenvalue weighted by atomic mass is 15.3. The lowest BCUT2D eigenvalue weighted by atomic mass is 10.1. The first-order valence-corrected chi connectivity index (χ1v) is 8.02. The monoisotopic (exact) mass is 297 g/mol. The van der Waals surface area contributed by atoms with Crippen molar-refractivity contribution in [1.82, 2.24) is 15.2 Å². The van der Waals surface area contributed by atoms with Crippen molar-refractivity contribution >= 4 is 17.5 Å². The fraction of sp³-hybridized carbons (Fsp3) is 0.471. The summed E-state index contributed by atoms with van der Waals surface area (Å²) in [4.78, 5) is 6.97. The Morgan fingerprint density at radius 3 is 2.36 bits per heavy atom. The Bertz CT molecular complexity index is 612. The maximum absolute atomic E-state index is 4.66. The molecule has 1 fully saturated rings. The predicted octanol–water partition coefficient (Wildman–Crippen LogP) is 3.61. The molecule has 22 heavy (non-hydrogen) atoms. The number of benzene rings is 1. The second kappa shape index (κ2) is 6.73. The van der Waals surface area contributed by atoms with Crippen molar-refractivity contribution in [2.24, 2.45) is 0 Å². The molecule has 1 aromatic heterocycles. The number of anilines is 3. The van der Waals surface area contributed by atoms with Gasteiger partial charge in [0.15, 0.2) is 5.82 Å². The van der Waals surface area contributed by atoms with Crippen LogP contribution in [0.25, 0.3) is 0 Å². The van der Waals surface area contributed by atoms with E-state index in [2.05, 4.69) is 57.4 Å². The van der Waals surface area contributed by atoms with Crippen molar-refractivity contribution in [2.45, 2.75) is 39.5 Å². The molecule has 1 saturated heterocycles. The lowest BCUT2D eigenvalue weighted by Gasteiger charge is -2.21. The molecule has 0 saturated carbocycles. The van der Waals surface area contributed by atoms with Gasteiger partial charge in [0, 0.05) is 18.8 Å². The molecule has 1 aliphatic rings. The predicted molar refractivity (Wildman–Crippen MR) is 89.7 cm³/mol. The molecule has 0 aliphatic carbocycles. The Kier molecular flexibility index (Phi) is 4.51. The van der Waals surface area contributed by atoms with Crippen LogP contribution < -0.4 is 10.2 Å². The first kappa shape index (κ1) is 14.8. The number of hydrogen-bond donors (Lipinski definition) is 1. The van der Waals surface area contributed by atoms with Crippen LogP contribution >= 0.6 is 0 Å². The van der Waals surface area contributed by atoms with E-state index in [9.17, 15) is 0 Å². The van der Waals surface area contributed by atoms with Gasteiger partial charge in [-0.3, -0.25) is 0 Å². The summed E-state index contributed by atoms with van der Waals surface area (Å²) in [6.07, 6.45) is 6.83. The van der Waals surface area contributed by atoms with Crippen LogP contribution in [-0.4, -0.2) is 28.3 Å². The molecule has 0 radical (unpaired) electrons. The fourth-order valence-electron chi connectivity index (χ4n) is 2.92. The van der Waals surface area contributed by atoms with Gasteiger partial charge in [0.1, 0.15) is 0 Å². The highest BCUT2D eigenvalue weighted by Crippen LogP contribution is 2.23. The lowest BCUT2D eigenvalue weighted by Crippen LogP contribution is -2.25. The standard InChI is InChI=1S/C17H23N5/c1-13-8-7-9-14(2)16(13)20-17-19-15(12-18-21-17)22-10-5-3-4-6-11-22/h7-9,12H,3-6,10-11H2,1-2H3,(H,19,20,21). The molecule has 0 spiro atoms. The Hall–Kier alpha value is -2.17. The molecule has 3 rings (SSSR count). The first-order chi connectivity index (χ1) is 10.7. The van der Waals surface area contributed by atoms with Gasteiger partial charge < -0.3 is 10.2 Å². The van der Waals surface area contributed by atoms with Crippen LogP contribution in [-0.2, 0) is 0 Å². The molecule has 1 N–H and O–H groups in total. The highest BCUT2D eigenvalue weighted by Gasteiger charge is 2.13. The van der Waals surface area contributed by atoms with Crippen molar-refractivity contribution in [3.05, 3.63) is 35.5 Å². The van der Waals surface area contributed by atoms with E-state index in [1.165, 1.54) is 36.8 Å². The number of aryl methyl sites for hydroxylation is 2. The molecule has 1 aromatic carbocycles. The molecule has 0 bridgehead atoms. The fourth-order valence-corrected chi connectivity index (χ4v) is 2.92. The van der Waals surface area contributed by atoms with Crippen molar-refractivity contribution in [1.29, 1.82) is 0 Å². The van der Waals surface area contributed by atoms with Crippen molar-refractivity contribution in [3.63, 3.8) is 0 Å². The molecule has 116 valence electrons. The zero-order chi connectivity index (χ0) is 15.4. The molecule has 2 aromatic rings. The van der Waals surface area contributed by atoms with Crippen LogP contribution in [0.4, 0.5) is 17.5 Å². The normalized spacial score (nSPS) is 15.5. The summed E-state index contributed by atoms with van der Waals surface area (Å²) in [7, 11) is 0. The van der Waals surface area contributed by atoms with Gasteiger partial charge in [0.2, 0.25) is 5.95 Å². The molecule has 0 amide bonds. The lowest BCUT2D eigenvalue weighted by molar-refractivity contribution is 0.726. The molecule has 1 aliphatic heterocycles. The van der Waals surface area contributed by atoms with E-state index in [0.717, 1.165) is 24.6 Å². The summed E-state index contributed by atoms with van der Waals surface area (Å²) in [5.74, 6) is 1.49. The Morgan fingerprint density at radius 1 is 1.00 bits per heavy atom. The van der Waals surface area contributed by atoms with Gasteiger partial charge in [-0.2, -0.15) is 10.1 Å². The van der Waals surface area contributed by atoms with Crippen molar-refractivity contribution in [2.75, 3.05) is 23.3 Å². The molecular formula is C17H23N5. The van der Waals surface area contributed by atoms with Gasteiger partial charge in [-0.25, -0.2) is 0 Å². The van der Waals surface area contributed by atoms with E-state index >= 15 is 0 Å². The summed E-state index contributed by atoms with van der Waals surface area (Å²) in [6, 6.07) is 6.23. The molecule has 0 unspecified atom stereocenters. The third kappa shape index (κ3) is 3.35. The summed E-state index contributed by atoms with van der Waals surface area (Å²) < 4.78 is 0. The van der Waals surface area contributed by atoms with Crippen LogP contribution in [0.5, 0.6) is 0 Å². The maximum atomic E-state index is 4.66. The van der Waals surface area contributed by atoms with Crippen LogP contribution in [0.15, 0.2) is 24.4 Å². The minimum absolute atomic E-state index is 0.569. The van der Waals surface area contributed by atoms with Crippen LogP contribution in [0.1, 0.15) is 36.8 Å². The van der Waals surface area contributed by atoms with E-state index in [1.807, 2.05) is 0 Å². The Morgan fingerprint density at radius 2 is 1.68 bits per heavy atom. The van der Waals surface area contributed by atoms with Crippen LogP contribution in [0, 0.1) is 13.8 Å². The number of nitrogens with one attached hydrogen (secondary N) is 1. The average molecular weight is 297 g/mol. The summed E-state index contributed by atoms with van der Waals surface area (Å²) in [5, 5.41) is 11.6. The molecule has 5 heteroatoms. The number of para-hydroxylation sites is 1. The van der Waals surface area contributed by atoms with E-state index < -0.39 is 0 Å².